The van der Waals surface area contributed by atoms with E-state index in [2.05, 4.69) is 17.5 Å². The Balaban J connectivity index is 1.81. The van der Waals surface area contributed by atoms with Crippen molar-refractivity contribution in [1.82, 2.24) is 5.32 Å². The SMILES string of the molecule is COC(=O)[C@H](NCC1=CCCOC1)c1ccc2ccccc2c1. The molecule has 1 N–H and O–H groups in total. The lowest BCUT2D eigenvalue weighted by atomic mass is 10.0. The molecule has 1 heterocycles. The summed E-state index contributed by atoms with van der Waals surface area (Å²) in [7, 11) is 1.42. The molecule has 0 spiro atoms. The number of hydrogen-bond acceptors (Lipinski definition) is 4. The van der Waals surface area contributed by atoms with Gasteiger partial charge in [-0.3, -0.25) is 5.32 Å². The molecule has 0 aliphatic carbocycles. The number of benzene rings is 2. The molecule has 0 fully saturated rings. The van der Waals surface area contributed by atoms with Gasteiger partial charge in [-0.2, -0.15) is 0 Å². The zero-order valence-electron chi connectivity index (χ0n) is 13.2. The molecule has 2 aromatic rings. The monoisotopic (exact) mass is 311 g/mol. The van der Waals surface area contributed by atoms with Crippen LogP contribution >= 0.6 is 0 Å². The Hall–Kier alpha value is -2.17. The van der Waals surface area contributed by atoms with Gasteiger partial charge in [0.2, 0.25) is 0 Å². The third-order valence-electron chi connectivity index (χ3n) is 4.06. The Labute approximate surface area is 136 Å². The average Bonchev–Trinajstić information content (AvgIpc) is 2.62. The van der Waals surface area contributed by atoms with E-state index in [9.17, 15) is 4.79 Å². The summed E-state index contributed by atoms with van der Waals surface area (Å²) in [6.07, 6.45) is 3.10. The number of fused-ring (bicyclic) bond motifs is 1. The Morgan fingerprint density at radius 3 is 2.83 bits per heavy atom. The van der Waals surface area contributed by atoms with Crippen LogP contribution in [0, 0.1) is 0 Å². The van der Waals surface area contributed by atoms with Crippen molar-refractivity contribution in [1.29, 1.82) is 0 Å². The number of nitrogens with one attached hydrogen (secondary N) is 1. The summed E-state index contributed by atoms with van der Waals surface area (Å²) in [5, 5.41) is 5.57. The normalized spacial score (nSPS) is 16.0. The summed E-state index contributed by atoms with van der Waals surface area (Å²) in [5.41, 5.74) is 2.08. The molecule has 0 bridgehead atoms. The van der Waals surface area contributed by atoms with E-state index in [1.165, 1.54) is 12.7 Å². The van der Waals surface area contributed by atoms with Gasteiger partial charge in [0.25, 0.3) is 0 Å². The Morgan fingerprint density at radius 1 is 1.26 bits per heavy atom. The Bertz CT molecular complexity index is 723. The molecule has 23 heavy (non-hydrogen) atoms. The number of carbonyl (C=O) groups is 1. The highest BCUT2D eigenvalue weighted by Gasteiger charge is 2.21. The highest BCUT2D eigenvalue weighted by molar-refractivity contribution is 5.85. The van der Waals surface area contributed by atoms with Crippen LogP contribution in [0.2, 0.25) is 0 Å². The minimum absolute atomic E-state index is 0.280. The zero-order valence-corrected chi connectivity index (χ0v) is 13.2. The first kappa shape index (κ1) is 15.7. The fourth-order valence-electron chi connectivity index (χ4n) is 2.81. The smallest absolute Gasteiger partial charge is 0.327 e. The quantitative estimate of drug-likeness (QED) is 0.681. The minimum atomic E-state index is -0.479. The van der Waals surface area contributed by atoms with Crippen molar-refractivity contribution in [2.75, 3.05) is 26.9 Å². The third-order valence-corrected chi connectivity index (χ3v) is 4.06. The van der Waals surface area contributed by atoms with E-state index in [1.54, 1.807) is 0 Å². The van der Waals surface area contributed by atoms with Gasteiger partial charge in [0.1, 0.15) is 6.04 Å². The summed E-state index contributed by atoms with van der Waals surface area (Å²) < 4.78 is 10.4. The van der Waals surface area contributed by atoms with Crippen molar-refractivity contribution in [3.05, 3.63) is 59.7 Å². The molecule has 0 aromatic heterocycles. The second kappa shape index (κ2) is 7.40. The minimum Gasteiger partial charge on any atom is -0.468 e. The first-order valence-corrected chi connectivity index (χ1v) is 7.83. The first-order chi connectivity index (χ1) is 11.3. The van der Waals surface area contributed by atoms with Crippen LogP contribution in [-0.4, -0.2) is 32.8 Å². The van der Waals surface area contributed by atoms with Crippen molar-refractivity contribution in [2.24, 2.45) is 0 Å². The molecule has 120 valence electrons. The van der Waals surface area contributed by atoms with Crippen LogP contribution in [-0.2, 0) is 14.3 Å². The van der Waals surface area contributed by atoms with Crippen LogP contribution in [0.4, 0.5) is 0 Å². The molecule has 3 rings (SSSR count). The standard InChI is InChI=1S/C19H21NO3/c1-22-19(21)18(20-12-14-5-4-10-23-13-14)17-9-8-15-6-2-3-7-16(15)11-17/h2-3,5-9,11,18,20H,4,10,12-13H2,1H3/t18-/m1/s1. The summed E-state index contributed by atoms with van der Waals surface area (Å²) in [6.45, 7) is 2.01. The second-order valence-corrected chi connectivity index (χ2v) is 5.65. The molecule has 0 saturated heterocycles. The maximum absolute atomic E-state index is 12.2. The zero-order chi connectivity index (χ0) is 16.1. The van der Waals surface area contributed by atoms with Crippen molar-refractivity contribution in [3.8, 4) is 0 Å². The van der Waals surface area contributed by atoms with Crippen LogP contribution in [0.1, 0.15) is 18.0 Å². The molecule has 0 unspecified atom stereocenters. The summed E-state index contributed by atoms with van der Waals surface area (Å²) in [6, 6.07) is 13.7. The van der Waals surface area contributed by atoms with Crippen molar-refractivity contribution in [3.63, 3.8) is 0 Å². The maximum atomic E-state index is 12.2. The topological polar surface area (TPSA) is 47.6 Å². The third kappa shape index (κ3) is 3.78. The predicted octanol–water partition coefficient (Wildman–Crippen LogP) is 2.99. The van der Waals surface area contributed by atoms with Gasteiger partial charge in [-0.15, -0.1) is 0 Å². The van der Waals surface area contributed by atoms with Gasteiger partial charge < -0.3 is 9.47 Å². The van der Waals surface area contributed by atoms with E-state index < -0.39 is 6.04 Å². The molecule has 1 aliphatic heterocycles. The molecule has 1 aliphatic rings. The van der Waals surface area contributed by atoms with Gasteiger partial charge in [0.15, 0.2) is 0 Å². The number of esters is 1. The lowest BCUT2D eigenvalue weighted by Gasteiger charge is -2.20. The van der Waals surface area contributed by atoms with E-state index in [0.717, 1.165) is 29.4 Å². The number of methoxy groups -OCH3 is 1. The van der Waals surface area contributed by atoms with Crippen LogP contribution < -0.4 is 5.32 Å². The van der Waals surface area contributed by atoms with Crippen LogP contribution in [0.3, 0.4) is 0 Å². The summed E-state index contributed by atoms with van der Waals surface area (Å²) in [4.78, 5) is 12.2. The highest BCUT2D eigenvalue weighted by Crippen LogP contribution is 2.22. The molecule has 4 heteroatoms. The van der Waals surface area contributed by atoms with Crippen LogP contribution in [0.25, 0.3) is 10.8 Å². The number of carbonyl (C=O) groups excluding carboxylic acids is 1. The molecule has 0 radical (unpaired) electrons. The van der Waals surface area contributed by atoms with Crippen molar-refractivity contribution in [2.45, 2.75) is 12.5 Å². The maximum Gasteiger partial charge on any atom is 0.327 e. The van der Waals surface area contributed by atoms with E-state index in [0.29, 0.717) is 13.2 Å². The van der Waals surface area contributed by atoms with Gasteiger partial charge in [-0.05, 0) is 34.4 Å². The first-order valence-electron chi connectivity index (χ1n) is 7.83. The second-order valence-electron chi connectivity index (χ2n) is 5.65. The molecule has 1 atom stereocenters. The van der Waals surface area contributed by atoms with E-state index in [-0.39, 0.29) is 5.97 Å². The molecule has 0 saturated carbocycles. The largest absolute Gasteiger partial charge is 0.468 e. The number of rotatable bonds is 5. The van der Waals surface area contributed by atoms with Gasteiger partial charge in [0, 0.05) is 6.54 Å². The molecule has 0 amide bonds. The van der Waals surface area contributed by atoms with E-state index >= 15 is 0 Å². The lowest BCUT2D eigenvalue weighted by molar-refractivity contribution is -0.143. The van der Waals surface area contributed by atoms with Crippen molar-refractivity contribution >= 4 is 16.7 Å². The Morgan fingerprint density at radius 2 is 2.09 bits per heavy atom. The summed E-state index contributed by atoms with van der Waals surface area (Å²) in [5.74, 6) is -0.280. The molecule has 2 aromatic carbocycles. The number of hydrogen-bond donors (Lipinski definition) is 1. The lowest BCUT2D eigenvalue weighted by Crippen LogP contribution is -2.32. The van der Waals surface area contributed by atoms with E-state index in [4.69, 9.17) is 9.47 Å². The van der Waals surface area contributed by atoms with Gasteiger partial charge >= 0.3 is 5.97 Å². The highest BCUT2D eigenvalue weighted by atomic mass is 16.5. The Kier molecular flexibility index (Phi) is 5.05. The predicted molar refractivity (Wildman–Crippen MR) is 90.2 cm³/mol. The fraction of sp³-hybridized carbons (Fsp3) is 0.316. The number of ether oxygens (including phenoxy) is 2. The average molecular weight is 311 g/mol. The molecular formula is C19H21NO3. The fourth-order valence-corrected chi connectivity index (χ4v) is 2.81. The van der Waals surface area contributed by atoms with Gasteiger partial charge in [-0.1, -0.05) is 42.5 Å². The molecule has 4 nitrogen and oxygen atoms in total. The van der Waals surface area contributed by atoms with E-state index in [1.807, 2.05) is 36.4 Å². The van der Waals surface area contributed by atoms with Crippen LogP contribution in [0.5, 0.6) is 0 Å². The molecular weight excluding hydrogens is 290 g/mol. The van der Waals surface area contributed by atoms with Crippen molar-refractivity contribution < 1.29 is 14.3 Å². The summed E-state index contributed by atoms with van der Waals surface area (Å²) >= 11 is 0. The van der Waals surface area contributed by atoms with Gasteiger partial charge in [0.05, 0.1) is 20.3 Å². The van der Waals surface area contributed by atoms with Gasteiger partial charge in [-0.25, -0.2) is 4.79 Å². The van der Waals surface area contributed by atoms with Crippen LogP contribution in [0.15, 0.2) is 54.1 Å².